The Morgan fingerprint density at radius 1 is 1.22 bits per heavy atom. The third kappa shape index (κ3) is 4.48. The van der Waals surface area contributed by atoms with E-state index < -0.39 is 0 Å². The molecule has 0 saturated carbocycles. The molecule has 0 bridgehead atoms. The number of nitrogens with zero attached hydrogens (tertiary/aromatic N) is 1. The largest absolute Gasteiger partial charge is 0.493 e. The molecule has 0 atom stereocenters. The van der Waals surface area contributed by atoms with Gasteiger partial charge in [0, 0.05) is 6.54 Å². The summed E-state index contributed by atoms with van der Waals surface area (Å²) in [6.07, 6.45) is 1.79. The van der Waals surface area contributed by atoms with Crippen molar-refractivity contribution in [2.24, 2.45) is 0 Å². The molecule has 0 N–H and O–H groups in total. The van der Waals surface area contributed by atoms with Gasteiger partial charge in [-0.2, -0.15) is 0 Å². The molecule has 1 heterocycles. The molecule has 0 unspecified atom stereocenters. The molecule has 1 saturated heterocycles. The van der Waals surface area contributed by atoms with Crippen molar-refractivity contribution < 1.29 is 18.7 Å². The number of amides is 1. The van der Waals surface area contributed by atoms with Crippen LogP contribution in [-0.4, -0.2) is 28.8 Å². The van der Waals surface area contributed by atoms with Crippen LogP contribution in [-0.2, 0) is 11.4 Å². The normalized spacial score (nSPS) is 15.5. The van der Waals surface area contributed by atoms with Crippen LogP contribution in [0.3, 0.4) is 0 Å². The van der Waals surface area contributed by atoms with Gasteiger partial charge in [-0.3, -0.25) is 9.69 Å². The Bertz CT molecular complexity index is 914. The number of benzene rings is 2. The molecule has 0 aromatic heterocycles. The molecule has 2 aromatic carbocycles. The van der Waals surface area contributed by atoms with Crippen molar-refractivity contribution in [3.05, 3.63) is 64.3 Å². The molecule has 7 heteroatoms. The third-order valence-corrected chi connectivity index (χ3v) is 5.34. The van der Waals surface area contributed by atoms with Gasteiger partial charge in [-0.15, -0.1) is 0 Å². The standard InChI is InChI=1S/C20H18FNO3S2/c1-3-22-19(23)18(27-20(22)26)11-13-7-8-16(17(10-13)24-2)25-12-14-5-4-6-15(21)9-14/h4-11H,3,12H2,1-2H3/b18-11+. The van der Waals surface area contributed by atoms with E-state index in [2.05, 4.69) is 0 Å². The van der Waals surface area contributed by atoms with E-state index in [0.29, 0.717) is 27.3 Å². The second kappa shape index (κ2) is 8.54. The Morgan fingerprint density at radius 2 is 2.04 bits per heavy atom. The fourth-order valence-corrected chi connectivity index (χ4v) is 3.99. The molecular formula is C20H18FNO3S2. The summed E-state index contributed by atoms with van der Waals surface area (Å²) >= 11 is 6.51. The first-order valence-electron chi connectivity index (χ1n) is 8.32. The zero-order valence-corrected chi connectivity index (χ0v) is 16.5. The highest BCUT2D eigenvalue weighted by Crippen LogP contribution is 2.34. The molecule has 27 heavy (non-hydrogen) atoms. The number of hydrogen-bond donors (Lipinski definition) is 0. The fourth-order valence-electron chi connectivity index (χ4n) is 2.61. The SMILES string of the molecule is CCN1C(=O)/C(=C\c2ccc(OCc3cccc(F)c3)c(OC)c2)SC1=S. The van der Waals surface area contributed by atoms with Crippen LogP contribution in [0.2, 0.25) is 0 Å². The second-order valence-electron chi connectivity index (χ2n) is 5.75. The number of thiocarbonyl (C=S) groups is 1. The molecule has 0 spiro atoms. The Morgan fingerprint density at radius 3 is 2.70 bits per heavy atom. The molecule has 1 aliphatic rings. The van der Waals surface area contributed by atoms with Crippen molar-refractivity contribution in [3.8, 4) is 11.5 Å². The van der Waals surface area contributed by atoms with E-state index in [-0.39, 0.29) is 18.3 Å². The van der Waals surface area contributed by atoms with Crippen molar-refractivity contribution in [1.29, 1.82) is 0 Å². The number of thioether (sulfide) groups is 1. The van der Waals surface area contributed by atoms with Crippen LogP contribution in [0.15, 0.2) is 47.4 Å². The topological polar surface area (TPSA) is 38.8 Å². The number of carbonyl (C=O) groups is 1. The lowest BCUT2D eigenvalue weighted by Crippen LogP contribution is -2.27. The number of halogens is 1. The lowest BCUT2D eigenvalue weighted by atomic mass is 10.1. The van der Waals surface area contributed by atoms with E-state index in [0.717, 1.165) is 11.1 Å². The number of likely N-dealkylation sites (N-methyl/N-ethyl adjacent to an activating group) is 1. The highest BCUT2D eigenvalue weighted by atomic mass is 32.2. The van der Waals surface area contributed by atoms with Gasteiger partial charge in [-0.25, -0.2) is 4.39 Å². The smallest absolute Gasteiger partial charge is 0.266 e. The molecule has 1 fully saturated rings. The van der Waals surface area contributed by atoms with E-state index in [4.69, 9.17) is 21.7 Å². The van der Waals surface area contributed by atoms with Crippen molar-refractivity contribution in [1.82, 2.24) is 4.90 Å². The summed E-state index contributed by atoms with van der Waals surface area (Å²) in [4.78, 5) is 14.5. The number of rotatable bonds is 6. The summed E-state index contributed by atoms with van der Waals surface area (Å²) < 4.78 is 25.0. The summed E-state index contributed by atoms with van der Waals surface area (Å²) in [5.74, 6) is 0.687. The minimum absolute atomic E-state index is 0.0853. The van der Waals surface area contributed by atoms with Crippen LogP contribution in [0.5, 0.6) is 11.5 Å². The summed E-state index contributed by atoms with van der Waals surface area (Å²) in [5, 5.41) is 0. The molecule has 0 aliphatic carbocycles. The van der Waals surface area contributed by atoms with Crippen molar-refractivity contribution in [2.45, 2.75) is 13.5 Å². The van der Waals surface area contributed by atoms with E-state index in [1.165, 1.54) is 23.9 Å². The molecule has 1 amide bonds. The maximum Gasteiger partial charge on any atom is 0.266 e. The van der Waals surface area contributed by atoms with Crippen LogP contribution in [0.1, 0.15) is 18.1 Å². The molecule has 4 nitrogen and oxygen atoms in total. The van der Waals surface area contributed by atoms with Crippen LogP contribution in [0.4, 0.5) is 4.39 Å². The molecule has 0 radical (unpaired) electrons. The Kier molecular flexibility index (Phi) is 6.13. The summed E-state index contributed by atoms with van der Waals surface area (Å²) in [6.45, 7) is 2.67. The van der Waals surface area contributed by atoms with Gasteiger partial charge in [0.2, 0.25) is 0 Å². The molecule has 1 aliphatic heterocycles. The van der Waals surface area contributed by atoms with Gasteiger partial charge in [-0.1, -0.05) is 42.2 Å². The molecule has 140 valence electrons. The quantitative estimate of drug-likeness (QED) is 0.519. The summed E-state index contributed by atoms with van der Waals surface area (Å²) in [6, 6.07) is 11.6. The predicted molar refractivity (Wildman–Crippen MR) is 109 cm³/mol. The summed E-state index contributed by atoms with van der Waals surface area (Å²) in [5.41, 5.74) is 1.53. The molecule has 3 rings (SSSR count). The summed E-state index contributed by atoms with van der Waals surface area (Å²) in [7, 11) is 1.55. The first-order valence-corrected chi connectivity index (χ1v) is 9.55. The van der Waals surface area contributed by atoms with E-state index in [9.17, 15) is 9.18 Å². The van der Waals surface area contributed by atoms with Crippen LogP contribution in [0.25, 0.3) is 6.08 Å². The van der Waals surface area contributed by atoms with E-state index in [1.54, 1.807) is 42.4 Å². The lowest BCUT2D eigenvalue weighted by molar-refractivity contribution is -0.121. The third-order valence-electron chi connectivity index (χ3n) is 3.96. The average molecular weight is 404 g/mol. The Balaban J connectivity index is 1.77. The number of hydrogen-bond acceptors (Lipinski definition) is 5. The van der Waals surface area contributed by atoms with Gasteiger partial charge in [0.25, 0.3) is 5.91 Å². The maximum absolute atomic E-state index is 13.3. The zero-order valence-electron chi connectivity index (χ0n) is 14.9. The highest BCUT2D eigenvalue weighted by molar-refractivity contribution is 8.26. The predicted octanol–water partition coefficient (Wildman–Crippen LogP) is 4.63. The number of methoxy groups -OCH3 is 1. The van der Waals surface area contributed by atoms with Crippen molar-refractivity contribution >= 4 is 40.3 Å². The van der Waals surface area contributed by atoms with Crippen LogP contribution in [0, 0.1) is 5.82 Å². The molecular weight excluding hydrogens is 385 g/mol. The van der Waals surface area contributed by atoms with E-state index >= 15 is 0 Å². The van der Waals surface area contributed by atoms with Crippen molar-refractivity contribution in [3.63, 3.8) is 0 Å². The van der Waals surface area contributed by atoms with Gasteiger partial charge in [-0.05, 0) is 48.4 Å². The lowest BCUT2D eigenvalue weighted by Gasteiger charge is -2.12. The van der Waals surface area contributed by atoms with Gasteiger partial charge in [0.05, 0.1) is 12.0 Å². The molecule has 2 aromatic rings. The Hall–Kier alpha value is -2.38. The average Bonchev–Trinajstić information content (AvgIpc) is 2.93. The second-order valence-corrected chi connectivity index (χ2v) is 7.43. The minimum atomic E-state index is -0.303. The van der Waals surface area contributed by atoms with Crippen molar-refractivity contribution in [2.75, 3.05) is 13.7 Å². The van der Waals surface area contributed by atoms with Crippen LogP contribution >= 0.6 is 24.0 Å². The van der Waals surface area contributed by atoms with Gasteiger partial charge >= 0.3 is 0 Å². The number of carbonyl (C=O) groups excluding carboxylic acids is 1. The zero-order chi connectivity index (χ0) is 19.4. The Labute approximate surface area is 167 Å². The van der Waals surface area contributed by atoms with E-state index in [1.807, 2.05) is 13.0 Å². The van der Waals surface area contributed by atoms with Gasteiger partial charge in [0.1, 0.15) is 16.7 Å². The minimum Gasteiger partial charge on any atom is -0.493 e. The van der Waals surface area contributed by atoms with Gasteiger partial charge in [0.15, 0.2) is 11.5 Å². The first kappa shape index (κ1) is 19.4. The number of ether oxygens (including phenoxy) is 2. The highest BCUT2D eigenvalue weighted by Gasteiger charge is 2.30. The fraction of sp³-hybridized carbons (Fsp3) is 0.200. The van der Waals surface area contributed by atoms with Crippen LogP contribution < -0.4 is 9.47 Å². The maximum atomic E-state index is 13.3. The first-order chi connectivity index (χ1) is 13.0. The van der Waals surface area contributed by atoms with Gasteiger partial charge < -0.3 is 9.47 Å². The monoisotopic (exact) mass is 403 g/mol.